The Bertz CT molecular complexity index is 1010. The van der Waals surface area contributed by atoms with Crippen LogP contribution in [0.3, 0.4) is 0 Å². The number of piperidine rings is 1. The predicted octanol–water partition coefficient (Wildman–Crippen LogP) is 5.14. The first kappa shape index (κ1) is 24.3. The van der Waals surface area contributed by atoms with Gasteiger partial charge in [-0.2, -0.15) is 0 Å². The zero-order valence-electron chi connectivity index (χ0n) is 19.7. The number of rotatable bonds is 7. The quantitative estimate of drug-likeness (QED) is 0.581. The molecule has 0 bridgehead atoms. The van der Waals surface area contributed by atoms with Crippen LogP contribution in [0, 0.1) is 40.5 Å². The molecule has 1 fully saturated rings. The van der Waals surface area contributed by atoms with Gasteiger partial charge in [-0.3, -0.25) is 4.90 Å². The van der Waals surface area contributed by atoms with Gasteiger partial charge < -0.3 is 0 Å². The van der Waals surface area contributed by atoms with Crippen LogP contribution in [0.25, 0.3) is 0 Å². The molecule has 0 atom stereocenters. The van der Waals surface area contributed by atoms with E-state index in [0.717, 1.165) is 54.7 Å². The molecule has 0 amide bonds. The molecule has 1 heterocycles. The van der Waals surface area contributed by atoms with Crippen molar-refractivity contribution < 1.29 is 8.42 Å². The first-order chi connectivity index (χ1) is 14.7. The summed E-state index contributed by atoms with van der Waals surface area (Å²) in [4.78, 5) is 4.30. The largest absolute Gasteiger partial charge is 0.299 e. The van der Waals surface area contributed by atoms with E-state index < -0.39 is 10.0 Å². The van der Waals surface area contributed by atoms with Crippen molar-refractivity contribution in [1.29, 1.82) is 0 Å². The zero-order valence-corrected chi connectivity index (χ0v) is 21.3. The second kappa shape index (κ2) is 10.1. The number of sulfonamides is 1. The molecule has 0 unspecified atom stereocenters. The third-order valence-electron chi connectivity index (χ3n) is 7.06. The van der Waals surface area contributed by atoms with Crippen molar-refractivity contribution in [2.75, 3.05) is 25.9 Å². The van der Waals surface area contributed by atoms with Crippen LogP contribution in [0.2, 0.25) is 0 Å². The van der Waals surface area contributed by atoms with E-state index in [9.17, 15) is 8.42 Å². The van der Waals surface area contributed by atoms with Gasteiger partial charge in [0.05, 0.1) is 4.90 Å². The molecule has 1 aliphatic rings. The third kappa shape index (κ3) is 5.36. The Balaban J connectivity index is 1.61. The third-order valence-corrected chi connectivity index (χ3v) is 9.59. The smallest absolute Gasteiger partial charge is 0.241 e. The number of hydrogen-bond donors (Lipinski definition) is 1. The molecular weight excluding hydrogens is 424 g/mol. The van der Waals surface area contributed by atoms with Crippen LogP contribution < -0.4 is 4.72 Å². The van der Waals surface area contributed by atoms with Crippen molar-refractivity contribution >= 4 is 21.8 Å². The SMILES string of the molecule is CSc1ccccc1CN1CCC(CNS(=O)(=O)c2c(C)c(C)c(C)c(C)c2C)CC1. The lowest BCUT2D eigenvalue weighted by Crippen LogP contribution is -2.38. The highest BCUT2D eigenvalue weighted by atomic mass is 32.2. The van der Waals surface area contributed by atoms with E-state index in [0.29, 0.717) is 17.4 Å². The Hall–Kier alpha value is -1.34. The molecule has 0 saturated carbocycles. The number of hydrogen-bond acceptors (Lipinski definition) is 4. The van der Waals surface area contributed by atoms with Gasteiger partial charge in [-0.25, -0.2) is 13.1 Å². The van der Waals surface area contributed by atoms with Crippen LogP contribution in [-0.4, -0.2) is 39.2 Å². The van der Waals surface area contributed by atoms with Crippen LogP contribution in [0.15, 0.2) is 34.1 Å². The highest BCUT2D eigenvalue weighted by molar-refractivity contribution is 7.98. The average molecular weight is 461 g/mol. The summed E-state index contributed by atoms with van der Waals surface area (Å²) in [6.07, 6.45) is 4.17. The number of nitrogens with zero attached hydrogens (tertiary/aromatic N) is 1. The van der Waals surface area contributed by atoms with Gasteiger partial charge in [-0.05, 0) is 112 Å². The van der Waals surface area contributed by atoms with Crippen LogP contribution in [0.1, 0.15) is 46.2 Å². The van der Waals surface area contributed by atoms with Crippen molar-refractivity contribution in [2.45, 2.75) is 63.8 Å². The van der Waals surface area contributed by atoms with Crippen molar-refractivity contribution in [3.63, 3.8) is 0 Å². The number of benzene rings is 2. The maximum Gasteiger partial charge on any atom is 0.241 e. The fourth-order valence-electron chi connectivity index (χ4n) is 4.59. The normalized spacial score (nSPS) is 16.1. The number of nitrogens with one attached hydrogen (secondary N) is 1. The molecule has 0 aliphatic carbocycles. The topological polar surface area (TPSA) is 49.4 Å². The summed E-state index contributed by atoms with van der Waals surface area (Å²) in [6, 6.07) is 8.59. The van der Waals surface area contributed by atoms with Crippen LogP contribution >= 0.6 is 11.8 Å². The van der Waals surface area contributed by atoms with E-state index in [1.165, 1.54) is 16.0 Å². The second-order valence-corrected chi connectivity index (χ2v) is 11.4. The maximum atomic E-state index is 13.2. The monoisotopic (exact) mass is 460 g/mol. The lowest BCUT2D eigenvalue weighted by atomic mass is 9.95. The summed E-state index contributed by atoms with van der Waals surface area (Å²) in [5.74, 6) is 0.384. The Kier molecular flexibility index (Phi) is 7.90. The molecule has 2 aromatic rings. The van der Waals surface area contributed by atoms with Gasteiger partial charge in [0.25, 0.3) is 0 Å². The van der Waals surface area contributed by atoms with Crippen LogP contribution in [0.4, 0.5) is 0 Å². The molecule has 1 N–H and O–H groups in total. The van der Waals surface area contributed by atoms with Crippen molar-refractivity contribution in [1.82, 2.24) is 9.62 Å². The highest BCUT2D eigenvalue weighted by Crippen LogP contribution is 2.30. The Morgan fingerprint density at radius 2 is 1.48 bits per heavy atom. The number of thioether (sulfide) groups is 1. The standard InChI is InChI=1S/C25H36N2O2S2/c1-17-18(2)20(4)25(21(5)19(17)3)31(28,29)26-15-22-11-13-27(14-12-22)16-23-9-7-8-10-24(23)30-6/h7-10,22,26H,11-16H2,1-6H3. The van der Waals surface area contributed by atoms with Gasteiger partial charge in [0, 0.05) is 18.0 Å². The lowest BCUT2D eigenvalue weighted by Gasteiger charge is -2.32. The summed E-state index contributed by atoms with van der Waals surface area (Å²) in [7, 11) is -3.52. The van der Waals surface area contributed by atoms with Gasteiger partial charge in [0.1, 0.15) is 0 Å². The Morgan fingerprint density at radius 1 is 0.935 bits per heavy atom. The fraction of sp³-hybridized carbons (Fsp3) is 0.520. The van der Waals surface area contributed by atoms with Crippen molar-refractivity contribution in [3.05, 3.63) is 57.6 Å². The molecule has 170 valence electrons. The van der Waals surface area contributed by atoms with E-state index in [-0.39, 0.29) is 0 Å². The molecule has 2 aromatic carbocycles. The van der Waals surface area contributed by atoms with Crippen molar-refractivity contribution in [3.8, 4) is 0 Å². The summed E-state index contributed by atoms with van der Waals surface area (Å²) >= 11 is 1.79. The minimum absolute atomic E-state index is 0.384. The molecule has 1 aliphatic heterocycles. The summed E-state index contributed by atoms with van der Waals surface area (Å²) in [5.41, 5.74) is 6.45. The molecule has 4 nitrogen and oxygen atoms in total. The molecule has 0 spiro atoms. The molecule has 6 heteroatoms. The Labute approximate surface area is 192 Å². The van der Waals surface area contributed by atoms with Gasteiger partial charge in [0.2, 0.25) is 10.0 Å². The molecular formula is C25H36N2O2S2. The van der Waals surface area contributed by atoms with E-state index in [4.69, 9.17) is 0 Å². The predicted molar refractivity (Wildman–Crippen MR) is 132 cm³/mol. The lowest BCUT2D eigenvalue weighted by molar-refractivity contribution is 0.177. The second-order valence-electron chi connectivity index (χ2n) is 8.84. The van der Waals surface area contributed by atoms with Gasteiger partial charge >= 0.3 is 0 Å². The molecule has 0 radical (unpaired) electrons. The van der Waals surface area contributed by atoms with Gasteiger partial charge in [-0.15, -0.1) is 11.8 Å². The van der Waals surface area contributed by atoms with Crippen LogP contribution in [0.5, 0.6) is 0 Å². The molecule has 1 saturated heterocycles. The Morgan fingerprint density at radius 3 is 2.06 bits per heavy atom. The summed E-state index contributed by atoms with van der Waals surface area (Å²) < 4.78 is 29.3. The van der Waals surface area contributed by atoms with Crippen LogP contribution in [-0.2, 0) is 16.6 Å². The molecule has 0 aromatic heterocycles. The first-order valence-corrected chi connectivity index (χ1v) is 13.8. The van der Waals surface area contributed by atoms with Crippen molar-refractivity contribution in [2.24, 2.45) is 5.92 Å². The summed E-state index contributed by atoms with van der Waals surface area (Å²) in [6.45, 7) is 13.5. The first-order valence-electron chi connectivity index (χ1n) is 11.1. The van der Waals surface area contributed by atoms with E-state index >= 15 is 0 Å². The van der Waals surface area contributed by atoms with E-state index in [1.54, 1.807) is 11.8 Å². The zero-order chi connectivity index (χ0) is 22.8. The van der Waals surface area contributed by atoms with Gasteiger partial charge in [-0.1, -0.05) is 18.2 Å². The fourth-order valence-corrected chi connectivity index (χ4v) is 6.91. The van der Waals surface area contributed by atoms with Gasteiger partial charge in [0.15, 0.2) is 0 Å². The highest BCUT2D eigenvalue weighted by Gasteiger charge is 2.26. The number of likely N-dealkylation sites (tertiary alicyclic amines) is 1. The molecule has 31 heavy (non-hydrogen) atoms. The van der Waals surface area contributed by atoms with E-state index in [2.05, 4.69) is 47.1 Å². The minimum Gasteiger partial charge on any atom is -0.299 e. The maximum absolute atomic E-state index is 13.2. The summed E-state index contributed by atoms with van der Waals surface area (Å²) in [5, 5.41) is 0. The minimum atomic E-state index is -3.52. The average Bonchev–Trinajstić information content (AvgIpc) is 2.76. The molecule has 3 rings (SSSR count). The van der Waals surface area contributed by atoms with E-state index in [1.807, 2.05) is 27.7 Å².